The molecule has 0 saturated heterocycles. The van der Waals surface area contributed by atoms with Crippen LogP contribution in [0.3, 0.4) is 0 Å². The maximum atomic E-state index is 10.7. The third kappa shape index (κ3) is 0.947. The third-order valence-electron chi connectivity index (χ3n) is 1.48. The Balaban J connectivity index is 2.79. The molecule has 0 aromatic carbocycles. The molecule has 1 N–H and O–H groups in total. The van der Waals surface area contributed by atoms with Crippen molar-refractivity contribution >= 4 is 26.0 Å². The SMILES string of the molecule is O=C(O)[s+]1ccc2cncnc21. The summed E-state index contributed by atoms with van der Waals surface area (Å²) in [5, 5.41) is 10.4. The fourth-order valence-electron chi connectivity index (χ4n) is 0.974. The molecular weight excluding hydrogens is 176 g/mol. The number of hydrogen-bond acceptors (Lipinski definition) is 3. The Labute approximate surface area is 70.5 Å². The fourth-order valence-corrected chi connectivity index (χ4v) is 2.20. The number of hydrogen-bond donors (Lipinski definition) is 1. The van der Waals surface area contributed by atoms with Crippen LogP contribution in [-0.4, -0.2) is 20.4 Å². The molecule has 1 unspecified atom stereocenters. The standard InChI is InChI=1S/C7H4N2O2S/c10-7(11)12-2-1-5-3-8-4-9-6(5)12/h1-4H/p+1. The van der Waals surface area contributed by atoms with Gasteiger partial charge in [-0.25, -0.2) is 4.98 Å². The molecule has 5 heteroatoms. The number of aromatic nitrogens is 2. The van der Waals surface area contributed by atoms with E-state index in [0.717, 1.165) is 5.39 Å². The number of carbonyl (C=O) groups is 1. The van der Waals surface area contributed by atoms with Crippen LogP contribution in [0, 0.1) is 0 Å². The van der Waals surface area contributed by atoms with Crippen LogP contribution in [0.25, 0.3) is 10.2 Å². The monoisotopic (exact) mass is 181 g/mol. The van der Waals surface area contributed by atoms with Crippen LogP contribution >= 0.6 is 10.5 Å². The summed E-state index contributed by atoms with van der Waals surface area (Å²) in [6.45, 7) is 0. The largest absolute Gasteiger partial charge is 0.553 e. The smallest absolute Gasteiger partial charge is 0.437 e. The number of nitrogens with zero attached hydrogens (tertiary/aromatic N) is 2. The molecule has 0 saturated carbocycles. The zero-order valence-corrected chi connectivity index (χ0v) is 6.78. The van der Waals surface area contributed by atoms with Crippen LogP contribution in [0.1, 0.15) is 0 Å². The highest BCUT2D eigenvalue weighted by atomic mass is 32.2. The lowest BCUT2D eigenvalue weighted by molar-refractivity contribution is 0.221. The Hall–Kier alpha value is -1.49. The van der Waals surface area contributed by atoms with Gasteiger partial charge in [0.15, 0.2) is 5.38 Å². The zero-order valence-electron chi connectivity index (χ0n) is 5.97. The lowest BCUT2D eigenvalue weighted by Gasteiger charge is -1.80. The van der Waals surface area contributed by atoms with Crippen LogP contribution in [0.5, 0.6) is 0 Å². The Bertz CT molecular complexity index is 438. The first-order valence-corrected chi connectivity index (χ1v) is 4.52. The maximum Gasteiger partial charge on any atom is 0.553 e. The minimum absolute atomic E-state index is 0.609. The van der Waals surface area contributed by atoms with Gasteiger partial charge < -0.3 is 5.11 Å². The Kier molecular flexibility index (Phi) is 1.51. The topological polar surface area (TPSA) is 63.1 Å². The van der Waals surface area contributed by atoms with Crippen molar-refractivity contribution < 1.29 is 9.90 Å². The van der Waals surface area contributed by atoms with Crippen LogP contribution in [0.4, 0.5) is 4.79 Å². The first-order valence-electron chi connectivity index (χ1n) is 3.23. The molecule has 0 aliphatic carbocycles. The predicted octanol–water partition coefficient (Wildman–Crippen LogP) is 1.90. The Morgan fingerprint density at radius 2 is 2.42 bits per heavy atom. The molecule has 2 heterocycles. The van der Waals surface area contributed by atoms with E-state index in [1.807, 2.05) is 0 Å². The molecule has 60 valence electrons. The molecule has 0 amide bonds. The minimum Gasteiger partial charge on any atom is -0.437 e. The van der Waals surface area contributed by atoms with Gasteiger partial charge in [-0.1, -0.05) is 0 Å². The summed E-state index contributed by atoms with van der Waals surface area (Å²) in [4.78, 5) is 19.0. The number of rotatable bonds is 1. The lowest BCUT2D eigenvalue weighted by atomic mass is 10.4. The summed E-state index contributed by atoms with van der Waals surface area (Å²) in [7, 11) is -0.869. The zero-order chi connectivity index (χ0) is 8.55. The Morgan fingerprint density at radius 3 is 3.17 bits per heavy atom. The van der Waals surface area contributed by atoms with Crippen LogP contribution in [0.15, 0.2) is 24.0 Å². The van der Waals surface area contributed by atoms with Crippen molar-refractivity contribution in [3.8, 4) is 0 Å². The van der Waals surface area contributed by atoms with Gasteiger partial charge in [0, 0.05) is 12.3 Å². The second kappa shape index (κ2) is 2.53. The van der Waals surface area contributed by atoms with Gasteiger partial charge in [0.25, 0.3) is 4.83 Å². The molecule has 12 heavy (non-hydrogen) atoms. The first-order chi connectivity index (χ1) is 5.79. The van der Waals surface area contributed by atoms with E-state index in [1.54, 1.807) is 17.6 Å². The summed E-state index contributed by atoms with van der Waals surface area (Å²) in [5.74, 6) is 0. The molecule has 0 aliphatic heterocycles. The fraction of sp³-hybridized carbons (Fsp3) is 0. The highest BCUT2D eigenvalue weighted by molar-refractivity contribution is 7.53. The molecular formula is C7H5N2O2S+. The summed E-state index contributed by atoms with van der Waals surface area (Å²) < 4.78 is 0. The predicted molar refractivity (Wildman–Crippen MR) is 45.4 cm³/mol. The maximum absolute atomic E-state index is 10.7. The quantitative estimate of drug-likeness (QED) is 0.682. The van der Waals surface area contributed by atoms with Gasteiger partial charge in [0.05, 0.1) is 5.39 Å². The van der Waals surface area contributed by atoms with Crippen molar-refractivity contribution in [2.75, 3.05) is 0 Å². The summed E-state index contributed by atoms with van der Waals surface area (Å²) in [5.41, 5.74) is 0. The summed E-state index contributed by atoms with van der Waals surface area (Å²) in [6.07, 6.45) is 2.99. The number of fused-ring (bicyclic) bond motifs is 1. The van der Waals surface area contributed by atoms with Crippen molar-refractivity contribution in [1.82, 2.24) is 9.97 Å². The second-order valence-electron chi connectivity index (χ2n) is 2.19. The van der Waals surface area contributed by atoms with Gasteiger partial charge in [-0.15, -0.1) is 0 Å². The average molecular weight is 181 g/mol. The molecule has 0 spiro atoms. The lowest BCUT2D eigenvalue weighted by Crippen LogP contribution is -1.83. The van der Waals surface area contributed by atoms with Gasteiger partial charge in [-0.05, 0) is 0 Å². The van der Waals surface area contributed by atoms with E-state index in [2.05, 4.69) is 9.97 Å². The van der Waals surface area contributed by atoms with E-state index in [0.29, 0.717) is 4.83 Å². The highest BCUT2D eigenvalue weighted by Crippen LogP contribution is 2.28. The van der Waals surface area contributed by atoms with E-state index in [4.69, 9.17) is 5.11 Å². The van der Waals surface area contributed by atoms with Gasteiger partial charge in [-0.3, -0.25) is 0 Å². The first kappa shape index (κ1) is 7.17. The molecule has 1 atom stereocenters. The number of thiophene rings is 1. The normalized spacial score (nSPS) is 11.8. The van der Waals surface area contributed by atoms with Crippen molar-refractivity contribution in [3.63, 3.8) is 0 Å². The van der Waals surface area contributed by atoms with E-state index in [1.165, 1.54) is 6.33 Å². The van der Waals surface area contributed by atoms with Crippen molar-refractivity contribution in [2.24, 2.45) is 0 Å². The van der Waals surface area contributed by atoms with Crippen LogP contribution < -0.4 is 0 Å². The highest BCUT2D eigenvalue weighted by Gasteiger charge is 2.21. The molecule has 2 aromatic rings. The second-order valence-corrected chi connectivity index (χ2v) is 3.87. The molecule has 2 rings (SSSR count). The molecule has 2 aromatic heterocycles. The minimum atomic E-state index is -0.869. The average Bonchev–Trinajstić information content (AvgIpc) is 2.47. The van der Waals surface area contributed by atoms with E-state index in [9.17, 15) is 4.79 Å². The molecule has 4 nitrogen and oxygen atoms in total. The third-order valence-corrected chi connectivity index (χ3v) is 3.02. The van der Waals surface area contributed by atoms with Crippen molar-refractivity contribution in [1.29, 1.82) is 0 Å². The van der Waals surface area contributed by atoms with Crippen molar-refractivity contribution in [2.45, 2.75) is 0 Å². The summed E-state index contributed by atoms with van der Waals surface area (Å²) >= 11 is 0. The van der Waals surface area contributed by atoms with Gasteiger partial charge >= 0.3 is 5.30 Å². The summed E-state index contributed by atoms with van der Waals surface area (Å²) in [6, 6.07) is 1.74. The van der Waals surface area contributed by atoms with E-state index < -0.39 is 15.8 Å². The molecule has 0 aliphatic rings. The number of carboxylic acid groups (broad SMARTS) is 1. The Morgan fingerprint density at radius 1 is 1.58 bits per heavy atom. The van der Waals surface area contributed by atoms with Crippen molar-refractivity contribution in [3.05, 3.63) is 24.0 Å². The van der Waals surface area contributed by atoms with E-state index >= 15 is 0 Å². The van der Waals surface area contributed by atoms with Gasteiger partial charge in [0.1, 0.15) is 16.8 Å². The van der Waals surface area contributed by atoms with Gasteiger partial charge in [0.2, 0.25) is 0 Å². The van der Waals surface area contributed by atoms with Gasteiger partial charge in [-0.2, -0.15) is 9.78 Å². The molecule has 0 bridgehead atoms. The molecule has 0 fully saturated rings. The van der Waals surface area contributed by atoms with E-state index in [-0.39, 0.29) is 0 Å². The van der Waals surface area contributed by atoms with Crippen LogP contribution in [0.2, 0.25) is 0 Å². The molecule has 0 radical (unpaired) electrons. The van der Waals surface area contributed by atoms with Crippen LogP contribution in [-0.2, 0) is 0 Å².